The molecule has 0 bridgehead atoms. The first-order valence-electron chi connectivity index (χ1n) is 5.59. The molecule has 0 saturated carbocycles. The van der Waals surface area contributed by atoms with Gasteiger partial charge in [-0.25, -0.2) is 0 Å². The average Bonchev–Trinajstić information content (AvgIpc) is 2.41. The van der Waals surface area contributed by atoms with Gasteiger partial charge in [0.05, 0.1) is 15.0 Å². The van der Waals surface area contributed by atoms with E-state index < -0.39 is 16.4 Å². The number of nitrogens with zero attached hydrogens (tertiary/aromatic N) is 1. The monoisotopic (exact) mass is 314 g/mol. The molecule has 0 unspecified atom stereocenters. The molecule has 2 aromatic rings. The fraction of sp³-hybridized carbons (Fsp3) is 0.0769. The van der Waals surface area contributed by atoms with E-state index in [-0.39, 0.29) is 0 Å². The first-order chi connectivity index (χ1) is 9.47. The summed E-state index contributed by atoms with van der Waals surface area (Å²) >= 11 is 11.7. The van der Waals surface area contributed by atoms with Crippen molar-refractivity contribution in [2.45, 2.75) is 6.54 Å². The molecule has 0 spiro atoms. The van der Waals surface area contributed by atoms with Crippen molar-refractivity contribution in [1.82, 2.24) is 0 Å². The molecule has 0 aliphatic heterocycles. The Labute approximate surface area is 124 Å². The molecule has 0 fully saturated rings. The van der Waals surface area contributed by atoms with Crippen molar-refractivity contribution < 1.29 is 9.31 Å². The van der Waals surface area contributed by atoms with Crippen LogP contribution in [0.4, 0.5) is 15.8 Å². The van der Waals surface area contributed by atoms with Crippen molar-refractivity contribution in [3.05, 3.63) is 67.9 Å². The Morgan fingerprint density at radius 1 is 1.15 bits per heavy atom. The molecule has 104 valence electrons. The summed E-state index contributed by atoms with van der Waals surface area (Å²) in [5.41, 5.74) is 0.736. The Kier molecular flexibility index (Phi) is 4.42. The van der Waals surface area contributed by atoms with Gasteiger partial charge in [0, 0.05) is 18.3 Å². The van der Waals surface area contributed by atoms with Gasteiger partial charge in [-0.2, -0.15) is 4.39 Å². The van der Waals surface area contributed by atoms with Crippen LogP contribution in [0.25, 0.3) is 0 Å². The first kappa shape index (κ1) is 14.6. The molecule has 0 heterocycles. The van der Waals surface area contributed by atoms with Crippen LogP contribution in [0.3, 0.4) is 0 Å². The predicted molar refractivity (Wildman–Crippen MR) is 76.8 cm³/mol. The number of rotatable bonds is 4. The van der Waals surface area contributed by atoms with Crippen LogP contribution >= 0.6 is 23.2 Å². The second kappa shape index (κ2) is 6.07. The smallest absolute Gasteiger partial charge is 0.306 e. The maximum atomic E-state index is 13.2. The highest BCUT2D eigenvalue weighted by atomic mass is 35.5. The van der Waals surface area contributed by atoms with Crippen molar-refractivity contribution >= 4 is 34.6 Å². The number of nitrogens with one attached hydrogen (secondary N) is 1. The number of halogens is 3. The normalized spacial score (nSPS) is 10.3. The van der Waals surface area contributed by atoms with Crippen LogP contribution in [0.1, 0.15) is 5.56 Å². The van der Waals surface area contributed by atoms with Gasteiger partial charge in [0.25, 0.3) is 0 Å². The molecule has 2 aromatic carbocycles. The molecular formula is C13H9Cl2FN2O2. The molecular weight excluding hydrogens is 306 g/mol. The van der Waals surface area contributed by atoms with Crippen LogP contribution in [0.5, 0.6) is 0 Å². The molecule has 0 aromatic heterocycles. The Morgan fingerprint density at radius 3 is 2.55 bits per heavy atom. The average molecular weight is 315 g/mol. The minimum Gasteiger partial charge on any atom is -0.381 e. The van der Waals surface area contributed by atoms with E-state index >= 15 is 0 Å². The lowest BCUT2D eigenvalue weighted by Crippen LogP contribution is -2.01. The number of nitro benzene ring substituents is 1. The topological polar surface area (TPSA) is 55.2 Å². The lowest BCUT2D eigenvalue weighted by molar-refractivity contribution is -0.387. The fourth-order valence-corrected chi connectivity index (χ4v) is 1.94. The third-order valence-corrected chi connectivity index (χ3v) is 3.36. The maximum Gasteiger partial charge on any atom is 0.306 e. The minimum atomic E-state index is -0.866. The summed E-state index contributed by atoms with van der Waals surface area (Å²) in [4.78, 5) is 9.87. The van der Waals surface area contributed by atoms with Crippen molar-refractivity contribution in [1.29, 1.82) is 0 Å². The Hall–Kier alpha value is -1.85. The molecule has 0 amide bonds. The minimum absolute atomic E-state index is 0.389. The van der Waals surface area contributed by atoms with Gasteiger partial charge in [-0.1, -0.05) is 29.3 Å². The van der Waals surface area contributed by atoms with E-state index in [1.165, 1.54) is 6.07 Å². The summed E-state index contributed by atoms with van der Waals surface area (Å²) in [6.45, 7) is 0.389. The van der Waals surface area contributed by atoms with Crippen molar-refractivity contribution in [3.8, 4) is 0 Å². The predicted octanol–water partition coefficient (Wildman–Crippen LogP) is 4.65. The van der Waals surface area contributed by atoms with Gasteiger partial charge in [0.15, 0.2) is 0 Å². The fourth-order valence-electron chi connectivity index (χ4n) is 1.62. The highest BCUT2D eigenvalue weighted by molar-refractivity contribution is 6.42. The summed E-state index contributed by atoms with van der Waals surface area (Å²) in [5.74, 6) is -0.866. The molecule has 7 heteroatoms. The number of benzene rings is 2. The van der Waals surface area contributed by atoms with Gasteiger partial charge in [-0.15, -0.1) is 0 Å². The number of anilines is 1. The molecule has 0 aliphatic rings. The van der Waals surface area contributed by atoms with E-state index in [4.69, 9.17) is 23.2 Å². The van der Waals surface area contributed by atoms with Crippen molar-refractivity contribution in [2.75, 3.05) is 5.32 Å². The molecule has 0 aliphatic carbocycles. The van der Waals surface area contributed by atoms with E-state index in [1.807, 2.05) is 0 Å². The lowest BCUT2D eigenvalue weighted by atomic mass is 10.2. The highest BCUT2D eigenvalue weighted by Crippen LogP contribution is 2.24. The second-order valence-corrected chi connectivity index (χ2v) is 4.84. The van der Waals surface area contributed by atoms with Crippen LogP contribution < -0.4 is 5.32 Å². The third kappa shape index (κ3) is 3.37. The Balaban J connectivity index is 2.12. The Bertz CT molecular complexity index is 665. The third-order valence-electron chi connectivity index (χ3n) is 2.62. The number of hydrogen-bond donors (Lipinski definition) is 1. The number of hydrogen-bond acceptors (Lipinski definition) is 3. The van der Waals surface area contributed by atoms with Gasteiger partial charge in [-0.05, 0) is 29.8 Å². The van der Waals surface area contributed by atoms with E-state index in [1.54, 1.807) is 18.2 Å². The van der Waals surface area contributed by atoms with Crippen LogP contribution in [-0.2, 0) is 6.54 Å². The quantitative estimate of drug-likeness (QED) is 0.660. The lowest BCUT2D eigenvalue weighted by Gasteiger charge is -2.07. The van der Waals surface area contributed by atoms with Crippen LogP contribution in [0.2, 0.25) is 10.0 Å². The summed E-state index contributed by atoms with van der Waals surface area (Å²) < 4.78 is 13.2. The standard InChI is InChI=1S/C13H9Cl2FN2O2/c14-10-3-1-8(5-11(10)15)7-17-9-2-4-12(16)13(6-9)18(19)20/h1-6,17H,7H2. The van der Waals surface area contributed by atoms with E-state index in [0.29, 0.717) is 22.3 Å². The van der Waals surface area contributed by atoms with E-state index in [9.17, 15) is 14.5 Å². The van der Waals surface area contributed by atoms with Crippen LogP contribution in [0, 0.1) is 15.9 Å². The zero-order valence-electron chi connectivity index (χ0n) is 10.1. The SMILES string of the molecule is O=[N+]([O-])c1cc(NCc2ccc(Cl)c(Cl)c2)ccc1F. The molecule has 0 atom stereocenters. The summed E-state index contributed by atoms with van der Waals surface area (Å²) in [7, 11) is 0. The van der Waals surface area contributed by atoms with Gasteiger partial charge in [0.1, 0.15) is 0 Å². The van der Waals surface area contributed by atoms with Gasteiger partial charge in [0.2, 0.25) is 5.82 Å². The van der Waals surface area contributed by atoms with Gasteiger partial charge in [-0.3, -0.25) is 10.1 Å². The van der Waals surface area contributed by atoms with Crippen molar-refractivity contribution in [2.24, 2.45) is 0 Å². The molecule has 4 nitrogen and oxygen atoms in total. The molecule has 2 rings (SSSR count). The highest BCUT2D eigenvalue weighted by Gasteiger charge is 2.14. The zero-order chi connectivity index (χ0) is 14.7. The maximum absolute atomic E-state index is 13.2. The molecule has 1 N–H and O–H groups in total. The van der Waals surface area contributed by atoms with E-state index in [0.717, 1.165) is 17.7 Å². The molecule has 0 radical (unpaired) electrons. The van der Waals surface area contributed by atoms with Crippen LogP contribution in [-0.4, -0.2) is 4.92 Å². The van der Waals surface area contributed by atoms with Crippen molar-refractivity contribution in [3.63, 3.8) is 0 Å². The van der Waals surface area contributed by atoms with Gasteiger partial charge >= 0.3 is 5.69 Å². The largest absolute Gasteiger partial charge is 0.381 e. The van der Waals surface area contributed by atoms with Gasteiger partial charge < -0.3 is 5.32 Å². The Morgan fingerprint density at radius 2 is 1.90 bits per heavy atom. The molecule has 20 heavy (non-hydrogen) atoms. The van der Waals surface area contributed by atoms with E-state index in [2.05, 4.69) is 5.32 Å². The zero-order valence-corrected chi connectivity index (χ0v) is 11.6. The molecule has 0 saturated heterocycles. The second-order valence-electron chi connectivity index (χ2n) is 4.03. The summed E-state index contributed by atoms with van der Waals surface area (Å²) in [5, 5.41) is 14.5. The summed E-state index contributed by atoms with van der Waals surface area (Å²) in [6.07, 6.45) is 0. The first-order valence-corrected chi connectivity index (χ1v) is 6.34. The number of nitro groups is 1. The summed E-state index contributed by atoms with van der Waals surface area (Å²) in [6, 6.07) is 8.75. The van der Waals surface area contributed by atoms with Crippen LogP contribution in [0.15, 0.2) is 36.4 Å².